The van der Waals surface area contributed by atoms with Gasteiger partial charge in [0.25, 0.3) is 0 Å². The molecule has 0 aliphatic carbocycles. The first kappa shape index (κ1) is 26.5. The highest BCUT2D eigenvalue weighted by molar-refractivity contribution is 9.10. The van der Waals surface area contributed by atoms with Crippen LogP contribution in [0.1, 0.15) is 37.6 Å². The molecule has 9 heteroatoms. The number of benzene rings is 2. The van der Waals surface area contributed by atoms with Crippen molar-refractivity contribution in [3.05, 3.63) is 70.0 Å². The van der Waals surface area contributed by atoms with Crippen molar-refractivity contribution in [2.45, 2.75) is 45.4 Å². The van der Waals surface area contributed by atoms with Crippen LogP contribution in [-0.4, -0.2) is 50.4 Å². The van der Waals surface area contributed by atoms with Crippen LogP contribution in [-0.2, 0) is 18.6 Å². The summed E-state index contributed by atoms with van der Waals surface area (Å²) in [6.45, 7) is 7.14. The van der Waals surface area contributed by atoms with Gasteiger partial charge in [-0.25, -0.2) is 4.68 Å². The summed E-state index contributed by atoms with van der Waals surface area (Å²) < 4.78 is 14.0. The van der Waals surface area contributed by atoms with Crippen LogP contribution in [0.3, 0.4) is 0 Å². The van der Waals surface area contributed by atoms with Crippen LogP contribution in [0, 0.1) is 5.92 Å². The van der Waals surface area contributed by atoms with Crippen LogP contribution in [0.4, 0.5) is 0 Å². The van der Waals surface area contributed by atoms with Crippen LogP contribution >= 0.6 is 27.5 Å². The van der Waals surface area contributed by atoms with Gasteiger partial charge in [-0.15, -0.1) is 16.7 Å². The van der Waals surface area contributed by atoms with E-state index in [4.69, 9.17) is 26.2 Å². The number of hydrogen-bond acceptors (Lipinski definition) is 6. The Morgan fingerprint density at radius 3 is 2.41 bits per heavy atom. The molecule has 0 bridgehead atoms. The summed E-state index contributed by atoms with van der Waals surface area (Å²) >= 11 is 9.50. The molecule has 0 aliphatic heterocycles. The van der Waals surface area contributed by atoms with Crippen LogP contribution in [0.15, 0.2) is 53.1 Å². The van der Waals surface area contributed by atoms with Crippen LogP contribution in [0.5, 0.6) is 11.5 Å². The highest BCUT2D eigenvalue weighted by atomic mass is 79.9. The van der Waals surface area contributed by atoms with E-state index in [1.54, 1.807) is 6.20 Å². The Balaban J connectivity index is 1.59. The zero-order valence-electron chi connectivity index (χ0n) is 19.6. The number of aromatic nitrogens is 3. The third kappa shape index (κ3) is 6.95. The minimum absolute atomic E-state index is 0.119. The lowest BCUT2D eigenvalue weighted by Gasteiger charge is -2.27. The van der Waals surface area contributed by atoms with Gasteiger partial charge in [0.05, 0.1) is 30.4 Å². The molecule has 184 valence electrons. The van der Waals surface area contributed by atoms with E-state index < -0.39 is 6.10 Å². The van der Waals surface area contributed by atoms with Crippen molar-refractivity contribution in [2.75, 3.05) is 19.1 Å². The van der Waals surface area contributed by atoms with Gasteiger partial charge in [0, 0.05) is 17.2 Å². The van der Waals surface area contributed by atoms with Crippen molar-refractivity contribution in [2.24, 2.45) is 5.92 Å². The van der Waals surface area contributed by atoms with Crippen molar-refractivity contribution >= 4 is 27.5 Å². The van der Waals surface area contributed by atoms with Gasteiger partial charge in [0.15, 0.2) is 0 Å². The molecule has 0 aliphatic rings. The van der Waals surface area contributed by atoms with Gasteiger partial charge in [-0.2, -0.15) is 0 Å². The molecule has 0 saturated heterocycles. The van der Waals surface area contributed by atoms with E-state index in [0.29, 0.717) is 23.9 Å². The molecule has 0 amide bonds. The number of aliphatic hydroxyl groups excluding tert-OH is 2. The molecule has 0 unspecified atom stereocenters. The fraction of sp³-hybridized carbons (Fsp3) is 0.440. The number of hydrogen-bond donors (Lipinski definition) is 2. The minimum atomic E-state index is -0.755. The number of nitrogens with zero attached hydrogens (tertiary/aromatic N) is 3. The average Bonchev–Trinajstić information content (AvgIpc) is 3.29. The van der Waals surface area contributed by atoms with Gasteiger partial charge in [-0.05, 0) is 51.3 Å². The van der Waals surface area contributed by atoms with E-state index in [1.165, 1.54) is 4.68 Å². The fourth-order valence-electron chi connectivity index (χ4n) is 3.38. The number of aliphatic hydroxyl groups is 2. The topological polar surface area (TPSA) is 89.6 Å². The quantitative estimate of drug-likeness (QED) is 0.321. The molecule has 2 atom stereocenters. The lowest BCUT2D eigenvalue weighted by molar-refractivity contribution is 0.0888. The summed E-state index contributed by atoms with van der Waals surface area (Å²) in [5.41, 5.74) is 2.51. The molecular formula is C25H31BrClN3O4. The first-order valence-corrected chi connectivity index (χ1v) is 12.5. The van der Waals surface area contributed by atoms with E-state index in [1.807, 2.05) is 30.3 Å². The van der Waals surface area contributed by atoms with Gasteiger partial charge in [0.1, 0.15) is 29.9 Å². The lowest BCUT2D eigenvalue weighted by Crippen LogP contribution is -2.24. The maximum atomic E-state index is 10.2. The maximum Gasteiger partial charge on any atom is 0.133 e. The third-order valence-corrected chi connectivity index (χ3v) is 6.75. The average molecular weight is 553 g/mol. The monoisotopic (exact) mass is 551 g/mol. The molecule has 7 nitrogen and oxygen atoms in total. The van der Waals surface area contributed by atoms with Gasteiger partial charge in [-0.3, -0.25) is 0 Å². The fourth-order valence-corrected chi connectivity index (χ4v) is 3.96. The van der Waals surface area contributed by atoms with Crippen molar-refractivity contribution in [3.63, 3.8) is 0 Å². The third-order valence-electron chi connectivity index (χ3n) is 5.60. The smallest absolute Gasteiger partial charge is 0.133 e. The van der Waals surface area contributed by atoms with Crippen molar-refractivity contribution < 1.29 is 19.7 Å². The zero-order valence-corrected chi connectivity index (χ0v) is 22.0. The number of rotatable bonds is 12. The Morgan fingerprint density at radius 2 is 1.79 bits per heavy atom. The van der Waals surface area contributed by atoms with Crippen LogP contribution in [0.2, 0.25) is 0 Å². The first-order valence-electron chi connectivity index (χ1n) is 11.1. The van der Waals surface area contributed by atoms with Crippen molar-refractivity contribution in [1.29, 1.82) is 0 Å². The van der Waals surface area contributed by atoms with E-state index >= 15 is 0 Å². The summed E-state index contributed by atoms with van der Waals surface area (Å²) in [7, 11) is 0. The first-order chi connectivity index (χ1) is 16.2. The lowest BCUT2D eigenvalue weighted by atomic mass is 9.78. The second-order valence-corrected chi connectivity index (χ2v) is 10.1. The zero-order chi connectivity index (χ0) is 24.7. The molecule has 0 spiro atoms. The molecule has 2 N–H and O–H groups in total. The number of halogens is 2. The predicted octanol–water partition coefficient (Wildman–Crippen LogP) is 4.55. The molecule has 34 heavy (non-hydrogen) atoms. The normalized spacial score (nSPS) is 13.5. The largest absolute Gasteiger partial charge is 0.492 e. The minimum Gasteiger partial charge on any atom is -0.492 e. The summed E-state index contributed by atoms with van der Waals surface area (Å²) in [6.07, 6.45) is 0.840. The molecule has 1 heterocycles. The SMILES string of the molecule is C[C@@H](CCl)COc1ccc(C(C)(C)c2ccc(OC[C@@H](O)Cn3cc(CO)nn3)cc2)cc1Br. The highest BCUT2D eigenvalue weighted by Gasteiger charge is 2.24. The standard InChI is InChI=1S/C25H31BrClN3O4/c1-17(11-27)15-34-24-9-6-19(10-23(24)26)25(2,3)18-4-7-22(8-5-18)33-16-21(32)13-30-12-20(14-31)28-29-30/h4-10,12,17,21,31-32H,11,13-16H2,1-3H3/t17-,21-/m0/s1. The van der Waals surface area contributed by atoms with E-state index in [2.05, 4.69) is 59.1 Å². The van der Waals surface area contributed by atoms with Gasteiger partial charge < -0.3 is 19.7 Å². The van der Waals surface area contributed by atoms with Crippen LogP contribution < -0.4 is 9.47 Å². The van der Waals surface area contributed by atoms with E-state index in [9.17, 15) is 5.11 Å². The Bertz CT molecular complexity index is 1060. The summed E-state index contributed by atoms with van der Waals surface area (Å²) in [6, 6.07) is 14.0. The summed E-state index contributed by atoms with van der Waals surface area (Å²) in [4.78, 5) is 0. The highest BCUT2D eigenvalue weighted by Crippen LogP contribution is 2.36. The number of alkyl halides is 1. The molecule has 1 aromatic heterocycles. The molecular weight excluding hydrogens is 522 g/mol. The van der Waals surface area contributed by atoms with Crippen molar-refractivity contribution in [1.82, 2.24) is 15.0 Å². The molecule has 0 radical (unpaired) electrons. The van der Waals surface area contributed by atoms with E-state index in [0.717, 1.165) is 21.3 Å². The van der Waals surface area contributed by atoms with Gasteiger partial charge in [-0.1, -0.05) is 44.2 Å². The molecule has 0 saturated carbocycles. The van der Waals surface area contributed by atoms with Gasteiger partial charge >= 0.3 is 0 Å². The molecule has 0 fully saturated rings. The second-order valence-electron chi connectivity index (χ2n) is 8.92. The molecule has 3 aromatic rings. The summed E-state index contributed by atoms with van der Waals surface area (Å²) in [5, 5.41) is 26.9. The molecule has 3 rings (SSSR count). The van der Waals surface area contributed by atoms with E-state index in [-0.39, 0.29) is 31.1 Å². The Morgan fingerprint density at radius 1 is 1.09 bits per heavy atom. The second kappa shape index (κ2) is 12.0. The predicted molar refractivity (Wildman–Crippen MR) is 136 cm³/mol. The van der Waals surface area contributed by atoms with Crippen molar-refractivity contribution in [3.8, 4) is 11.5 Å². The Kier molecular flexibility index (Phi) is 9.36. The maximum absolute atomic E-state index is 10.2. The number of ether oxygens (including phenoxy) is 2. The van der Waals surface area contributed by atoms with Crippen LogP contribution in [0.25, 0.3) is 0 Å². The van der Waals surface area contributed by atoms with Gasteiger partial charge in [0.2, 0.25) is 0 Å². The molecule has 2 aromatic carbocycles. The summed E-state index contributed by atoms with van der Waals surface area (Å²) in [5.74, 6) is 2.33. The Labute approximate surface area is 213 Å². The Hall–Kier alpha value is -2.13.